The summed E-state index contributed by atoms with van der Waals surface area (Å²) in [6.07, 6.45) is 4.81. The number of hydrogen-bond donors (Lipinski definition) is 4. The molecule has 4 aliphatic rings. The zero-order valence-corrected chi connectivity index (χ0v) is 18.1. The van der Waals surface area contributed by atoms with E-state index in [-0.39, 0.29) is 23.2 Å². The van der Waals surface area contributed by atoms with Gasteiger partial charge in [-0.05, 0) is 56.8 Å². The van der Waals surface area contributed by atoms with Gasteiger partial charge in [0.15, 0.2) is 0 Å². The Morgan fingerprint density at radius 3 is 2.79 bits per heavy atom. The fraction of sp³-hybridized carbons (Fsp3) is 0.900. The van der Waals surface area contributed by atoms with E-state index in [1.807, 2.05) is 11.9 Å². The van der Waals surface area contributed by atoms with Gasteiger partial charge in [0.1, 0.15) is 5.50 Å². The number of carbonyl (C=O) groups excluding carboxylic acids is 2. The number of nitrogens with zero attached hydrogens (tertiary/aromatic N) is 1. The maximum absolute atomic E-state index is 13.3. The van der Waals surface area contributed by atoms with Crippen LogP contribution in [0.15, 0.2) is 0 Å². The molecule has 28 heavy (non-hydrogen) atoms. The Labute approximate surface area is 172 Å². The minimum atomic E-state index is -0.0520. The van der Waals surface area contributed by atoms with Crippen LogP contribution in [0, 0.1) is 29.6 Å². The first-order chi connectivity index (χ1) is 13.4. The summed E-state index contributed by atoms with van der Waals surface area (Å²) in [5.41, 5.74) is 6.05. The van der Waals surface area contributed by atoms with E-state index < -0.39 is 0 Å². The molecular formula is C20H35N5O2S. The summed E-state index contributed by atoms with van der Waals surface area (Å²) in [6, 6.07) is 0.849. The third-order valence-electron chi connectivity index (χ3n) is 7.56. The second-order valence-electron chi connectivity index (χ2n) is 9.34. The van der Waals surface area contributed by atoms with Crippen molar-refractivity contribution in [1.82, 2.24) is 26.4 Å². The van der Waals surface area contributed by atoms with E-state index >= 15 is 0 Å². The van der Waals surface area contributed by atoms with Crippen LogP contribution in [0.5, 0.6) is 0 Å². The van der Waals surface area contributed by atoms with Crippen LogP contribution in [0.25, 0.3) is 0 Å². The molecule has 3 aliphatic heterocycles. The molecule has 4 fully saturated rings. The van der Waals surface area contributed by atoms with Gasteiger partial charge in [0.2, 0.25) is 11.8 Å². The first-order valence-electron chi connectivity index (χ1n) is 10.8. The Hall–Kier alpha value is -0.830. The summed E-state index contributed by atoms with van der Waals surface area (Å²) in [5, 5.41) is 6.70. The standard InChI is InChI=1S/C20H35N5O2S/c1-11-4-5-13(18(26)23-20-24-22-10-28-20)7-15(11)16-8-14-9-21-12(2)6-17(14)25(3)19(16)27/h11-17,20-22,24H,4-10H2,1-3H3,(H,23,26). The molecule has 0 aromatic heterocycles. The average Bonchev–Trinajstić information content (AvgIpc) is 3.18. The van der Waals surface area contributed by atoms with Gasteiger partial charge in [-0.2, -0.15) is 0 Å². The highest BCUT2D eigenvalue weighted by atomic mass is 32.2. The van der Waals surface area contributed by atoms with E-state index in [0.717, 1.165) is 44.5 Å². The van der Waals surface area contributed by atoms with Gasteiger partial charge < -0.3 is 15.5 Å². The highest BCUT2D eigenvalue weighted by molar-refractivity contribution is 8.00. The smallest absolute Gasteiger partial charge is 0.225 e. The molecule has 0 bridgehead atoms. The van der Waals surface area contributed by atoms with Crippen molar-refractivity contribution >= 4 is 23.6 Å². The topological polar surface area (TPSA) is 85.5 Å². The third kappa shape index (κ3) is 4.06. The number of amides is 2. The fourth-order valence-corrected chi connectivity index (χ4v) is 6.53. The maximum Gasteiger partial charge on any atom is 0.225 e. The highest BCUT2D eigenvalue weighted by Gasteiger charge is 2.47. The molecule has 8 heteroatoms. The molecule has 4 N–H and O–H groups in total. The van der Waals surface area contributed by atoms with Gasteiger partial charge in [-0.15, -0.1) is 11.8 Å². The first kappa shape index (κ1) is 20.4. The predicted octanol–water partition coefficient (Wildman–Crippen LogP) is 1.08. The van der Waals surface area contributed by atoms with Gasteiger partial charge in [0.05, 0.1) is 5.88 Å². The highest BCUT2D eigenvalue weighted by Crippen LogP contribution is 2.44. The largest absolute Gasteiger partial charge is 0.342 e. The predicted molar refractivity (Wildman–Crippen MR) is 111 cm³/mol. The molecule has 0 radical (unpaired) electrons. The Morgan fingerprint density at radius 1 is 1.21 bits per heavy atom. The van der Waals surface area contributed by atoms with E-state index in [4.69, 9.17) is 0 Å². The fourth-order valence-electron chi connectivity index (χ4n) is 5.83. The van der Waals surface area contributed by atoms with Crippen molar-refractivity contribution in [3.05, 3.63) is 0 Å². The zero-order chi connectivity index (χ0) is 19.8. The van der Waals surface area contributed by atoms with Crippen molar-refractivity contribution in [3.8, 4) is 0 Å². The van der Waals surface area contributed by atoms with Gasteiger partial charge in [-0.3, -0.25) is 9.59 Å². The monoisotopic (exact) mass is 409 g/mol. The minimum Gasteiger partial charge on any atom is -0.342 e. The molecule has 8 atom stereocenters. The molecule has 1 saturated carbocycles. The van der Waals surface area contributed by atoms with E-state index in [9.17, 15) is 9.59 Å². The second-order valence-corrected chi connectivity index (χ2v) is 10.4. The normalized spacial score (nSPS) is 44.2. The lowest BCUT2D eigenvalue weighted by atomic mass is 9.64. The second kappa shape index (κ2) is 8.50. The number of nitrogens with one attached hydrogen (secondary N) is 4. The lowest BCUT2D eigenvalue weighted by Crippen LogP contribution is -2.60. The van der Waals surface area contributed by atoms with Crippen LogP contribution in [0.3, 0.4) is 0 Å². The minimum absolute atomic E-state index is 0.0181. The van der Waals surface area contributed by atoms with Gasteiger partial charge >= 0.3 is 0 Å². The average molecular weight is 410 g/mol. The summed E-state index contributed by atoms with van der Waals surface area (Å²) in [4.78, 5) is 28.1. The van der Waals surface area contributed by atoms with Crippen molar-refractivity contribution in [2.75, 3.05) is 19.5 Å². The van der Waals surface area contributed by atoms with Gasteiger partial charge in [0.25, 0.3) is 0 Å². The van der Waals surface area contributed by atoms with Crippen LogP contribution in [-0.2, 0) is 9.59 Å². The quantitative estimate of drug-likeness (QED) is 0.558. The van der Waals surface area contributed by atoms with Crippen LogP contribution in [0.1, 0.15) is 46.0 Å². The number of piperidine rings is 2. The third-order valence-corrected chi connectivity index (χ3v) is 8.44. The van der Waals surface area contributed by atoms with Crippen molar-refractivity contribution < 1.29 is 9.59 Å². The van der Waals surface area contributed by atoms with Crippen molar-refractivity contribution in [2.45, 2.75) is 63.5 Å². The molecular weight excluding hydrogens is 374 g/mol. The number of hydrogen-bond acceptors (Lipinski definition) is 6. The van der Waals surface area contributed by atoms with E-state index in [1.54, 1.807) is 11.8 Å². The number of fused-ring (bicyclic) bond motifs is 1. The lowest BCUT2D eigenvalue weighted by Gasteiger charge is -2.50. The van der Waals surface area contributed by atoms with Crippen molar-refractivity contribution in [2.24, 2.45) is 29.6 Å². The SMILES string of the molecule is CC1CC2C(CN1)CC(C1CC(C(=O)NC3NNCS3)CCC1C)C(=O)N2C. The van der Waals surface area contributed by atoms with E-state index in [1.165, 1.54) is 0 Å². The number of likely N-dealkylation sites (tertiary alicyclic amines) is 1. The lowest BCUT2D eigenvalue weighted by molar-refractivity contribution is -0.149. The first-order valence-corrected chi connectivity index (χ1v) is 11.9. The Morgan fingerprint density at radius 2 is 2.04 bits per heavy atom. The number of thioether (sulfide) groups is 1. The number of rotatable bonds is 3. The summed E-state index contributed by atoms with van der Waals surface area (Å²) in [7, 11) is 2.00. The van der Waals surface area contributed by atoms with E-state index in [2.05, 4.69) is 35.3 Å². The van der Waals surface area contributed by atoms with Crippen LogP contribution in [0.2, 0.25) is 0 Å². The summed E-state index contributed by atoms with van der Waals surface area (Å²) < 4.78 is 0. The van der Waals surface area contributed by atoms with Crippen LogP contribution in [-0.4, -0.2) is 53.8 Å². The summed E-state index contributed by atoms with van der Waals surface area (Å²) in [5.74, 6) is 2.67. The molecule has 8 unspecified atom stereocenters. The zero-order valence-electron chi connectivity index (χ0n) is 17.2. The molecule has 0 aromatic rings. The maximum atomic E-state index is 13.3. The molecule has 3 heterocycles. The molecule has 7 nitrogen and oxygen atoms in total. The van der Waals surface area contributed by atoms with Crippen LogP contribution < -0.4 is 21.5 Å². The van der Waals surface area contributed by atoms with Gasteiger partial charge in [-0.25, -0.2) is 10.9 Å². The molecule has 4 rings (SSSR count). The van der Waals surface area contributed by atoms with E-state index in [0.29, 0.717) is 35.7 Å². The Bertz CT molecular complexity index is 599. The summed E-state index contributed by atoms with van der Waals surface area (Å²) in [6.45, 7) is 5.49. The van der Waals surface area contributed by atoms with Gasteiger partial charge in [-0.1, -0.05) is 6.92 Å². The molecule has 3 saturated heterocycles. The Kier molecular flexibility index (Phi) is 6.20. The molecule has 158 valence electrons. The molecule has 1 aliphatic carbocycles. The van der Waals surface area contributed by atoms with Crippen molar-refractivity contribution in [3.63, 3.8) is 0 Å². The van der Waals surface area contributed by atoms with Gasteiger partial charge in [0, 0.05) is 37.5 Å². The Balaban J connectivity index is 1.43. The molecule has 0 aromatic carbocycles. The van der Waals surface area contributed by atoms with Crippen LogP contribution >= 0.6 is 11.8 Å². The molecule has 2 amide bonds. The molecule has 0 spiro atoms. The number of hydrazine groups is 1. The summed E-state index contributed by atoms with van der Waals surface area (Å²) >= 11 is 1.66. The van der Waals surface area contributed by atoms with Crippen LogP contribution in [0.4, 0.5) is 0 Å². The van der Waals surface area contributed by atoms with Crippen molar-refractivity contribution in [1.29, 1.82) is 0 Å². The number of carbonyl (C=O) groups is 2.